The maximum atomic E-state index is 9.99. The lowest BCUT2D eigenvalue weighted by molar-refractivity contribution is 0.0250. The summed E-state index contributed by atoms with van der Waals surface area (Å²) in [5.41, 5.74) is 5.12. The first kappa shape index (κ1) is 21.3. The Balaban J connectivity index is 1.59. The van der Waals surface area contributed by atoms with Gasteiger partial charge in [0.05, 0.1) is 24.5 Å². The minimum absolute atomic E-state index is 0.0738. The van der Waals surface area contributed by atoms with Crippen LogP contribution in [0.4, 0.5) is 11.6 Å². The van der Waals surface area contributed by atoms with E-state index in [0.717, 1.165) is 55.0 Å². The second-order valence-electron chi connectivity index (χ2n) is 8.46. The average Bonchev–Trinajstić information content (AvgIpc) is 2.76. The molecule has 9 heteroatoms. The molecule has 0 spiro atoms. The molecule has 0 atom stereocenters. The zero-order valence-corrected chi connectivity index (χ0v) is 18.0. The van der Waals surface area contributed by atoms with Crippen molar-refractivity contribution in [2.45, 2.75) is 38.7 Å². The summed E-state index contributed by atoms with van der Waals surface area (Å²) in [6.45, 7) is 6.14. The molecule has 1 aromatic carbocycles. The highest BCUT2D eigenvalue weighted by Crippen LogP contribution is 2.26. The van der Waals surface area contributed by atoms with Crippen LogP contribution in [-0.4, -0.2) is 64.4 Å². The summed E-state index contributed by atoms with van der Waals surface area (Å²) < 4.78 is 11.1. The molecule has 4 rings (SSSR count). The molecule has 1 fully saturated rings. The van der Waals surface area contributed by atoms with Crippen LogP contribution in [-0.2, 0) is 11.2 Å². The molecule has 31 heavy (non-hydrogen) atoms. The molecule has 0 radical (unpaired) electrons. The fraction of sp³-hybridized carbons (Fsp3) is 0.500. The molecule has 0 unspecified atom stereocenters. The number of ether oxygens (including phenoxy) is 2. The number of fused-ring (bicyclic) bond motifs is 1. The maximum Gasteiger partial charge on any atom is 0.320 e. The van der Waals surface area contributed by atoms with E-state index < -0.39 is 5.60 Å². The lowest BCUT2D eigenvalue weighted by Crippen LogP contribution is -2.37. The van der Waals surface area contributed by atoms with Crippen molar-refractivity contribution in [1.82, 2.24) is 9.97 Å². The van der Waals surface area contributed by atoms with Crippen LogP contribution in [0.1, 0.15) is 37.8 Å². The van der Waals surface area contributed by atoms with E-state index in [1.54, 1.807) is 26.0 Å². The highest BCUT2D eigenvalue weighted by Gasteiger charge is 2.19. The van der Waals surface area contributed by atoms with Gasteiger partial charge in [0.15, 0.2) is 5.82 Å². The first-order valence-electron chi connectivity index (χ1n) is 10.6. The molecule has 0 bridgehead atoms. The second-order valence-corrected chi connectivity index (χ2v) is 8.46. The number of nitrogens with one attached hydrogen (secondary N) is 1. The summed E-state index contributed by atoms with van der Waals surface area (Å²) in [5.74, 6) is 1.51. The van der Waals surface area contributed by atoms with Gasteiger partial charge in [-0.3, -0.25) is 5.43 Å². The summed E-state index contributed by atoms with van der Waals surface area (Å²) in [6, 6.07) is 7.41. The average molecular weight is 428 g/mol. The summed E-state index contributed by atoms with van der Waals surface area (Å²) >= 11 is 0. The lowest BCUT2D eigenvalue weighted by Gasteiger charge is -2.28. The highest BCUT2D eigenvalue weighted by molar-refractivity contribution is 6.03. The Morgan fingerprint density at radius 1 is 1.19 bits per heavy atom. The van der Waals surface area contributed by atoms with Crippen molar-refractivity contribution in [3.8, 4) is 11.8 Å². The molecule has 166 valence electrons. The van der Waals surface area contributed by atoms with Crippen LogP contribution in [0.3, 0.4) is 0 Å². The minimum atomic E-state index is -0.997. The number of morpholine rings is 1. The maximum absolute atomic E-state index is 9.99. The van der Waals surface area contributed by atoms with Gasteiger partial charge in [0.25, 0.3) is 0 Å². The molecule has 1 aliphatic carbocycles. The number of hydrogen-bond acceptors (Lipinski definition) is 9. The van der Waals surface area contributed by atoms with Gasteiger partial charge in [0.2, 0.25) is 0 Å². The Morgan fingerprint density at radius 2 is 2.00 bits per heavy atom. The predicted molar refractivity (Wildman–Crippen MR) is 118 cm³/mol. The number of aliphatic hydroxyl groups is 1. The van der Waals surface area contributed by atoms with E-state index in [1.807, 2.05) is 12.1 Å². The number of benzene rings is 1. The number of phenolic OH excluding ortho intramolecular Hbond substituents is 1. The third-order valence-electron chi connectivity index (χ3n) is 5.15. The van der Waals surface area contributed by atoms with E-state index in [2.05, 4.69) is 25.4 Å². The van der Waals surface area contributed by atoms with E-state index >= 15 is 0 Å². The molecule has 2 aliphatic rings. The monoisotopic (exact) mass is 427 g/mol. The largest absolute Gasteiger partial charge is 0.508 e. The summed E-state index contributed by atoms with van der Waals surface area (Å²) in [6.07, 6.45) is 2.74. The van der Waals surface area contributed by atoms with Gasteiger partial charge in [-0.05, 0) is 56.9 Å². The van der Waals surface area contributed by atoms with Gasteiger partial charge in [-0.2, -0.15) is 15.1 Å². The van der Waals surface area contributed by atoms with Gasteiger partial charge < -0.3 is 24.6 Å². The number of phenols is 1. The van der Waals surface area contributed by atoms with Crippen molar-refractivity contribution in [2.24, 2.45) is 5.10 Å². The molecule has 3 N–H and O–H groups in total. The van der Waals surface area contributed by atoms with Crippen molar-refractivity contribution in [3.63, 3.8) is 0 Å². The Labute approximate surface area is 181 Å². The third-order valence-corrected chi connectivity index (χ3v) is 5.15. The van der Waals surface area contributed by atoms with Crippen LogP contribution in [0.2, 0.25) is 0 Å². The molecule has 9 nitrogen and oxygen atoms in total. The number of aromatic nitrogens is 2. The van der Waals surface area contributed by atoms with Crippen molar-refractivity contribution in [2.75, 3.05) is 43.2 Å². The first-order valence-corrected chi connectivity index (χ1v) is 10.6. The Kier molecular flexibility index (Phi) is 6.24. The van der Waals surface area contributed by atoms with E-state index in [-0.39, 0.29) is 18.4 Å². The summed E-state index contributed by atoms with van der Waals surface area (Å²) in [4.78, 5) is 11.0. The number of anilines is 2. The molecular formula is C22H29N5O4. The fourth-order valence-electron chi connectivity index (χ4n) is 3.62. The topological polar surface area (TPSA) is 112 Å². The van der Waals surface area contributed by atoms with E-state index in [0.29, 0.717) is 19.0 Å². The zero-order chi connectivity index (χ0) is 21.8. The number of rotatable bonds is 6. The minimum Gasteiger partial charge on any atom is -0.508 e. The Hall–Kier alpha value is -2.91. The van der Waals surface area contributed by atoms with Crippen molar-refractivity contribution < 1.29 is 19.7 Å². The lowest BCUT2D eigenvalue weighted by atomic mass is 9.90. The molecule has 1 aliphatic heterocycles. The van der Waals surface area contributed by atoms with Crippen LogP contribution >= 0.6 is 0 Å². The quantitative estimate of drug-likeness (QED) is 0.602. The molecule has 1 aromatic heterocycles. The smallest absolute Gasteiger partial charge is 0.320 e. The van der Waals surface area contributed by atoms with Crippen LogP contribution in [0.25, 0.3) is 0 Å². The standard InChI is InChI=1S/C22H29N5O4/c1-22(2,29)14-31-21-23-19(13-20(24-21)27-8-10-30-11-9-27)26-25-18-5-3-4-15-12-16(28)6-7-17(15)18/h6-7,12-13,28-29H,3-5,8-11,14H2,1-2H3,(H,23,24,26)/b25-18-. The van der Waals surface area contributed by atoms with Crippen molar-refractivity contribution in [3.05, 3.63) is 35.4 Å². The van der Waals surface area contributed by atoms with Crippen molar-refractivity contribution in [1.29, 1.82) is 0 Å². The second kappa shape index (κ2) is 9.07. The van der Waals surface area contributed by atoms with Crippen LogP contribution in [0.5, 0.6) is 11.8 Å². The number of hydrogen-bond donors (Lipinski definition) is 3. The number of nitrogens with zero attached hydrogens (tertiary/aromatic N) is 4. The van der Waals surface area contributed by atoms with Crippen molar-refractivity contribution >= 4 is 17.3 Å². The SMILES string of the molecule is CC(C)(O)COc1nc(N/N=C2/CCCc3cc(O)ccc32)cc(N2CCOCC2)n1. The third kappa shape index (κ3) is 5.62. The Morgan fingerprint density at radius 3 is 2.77 bits per heavy atom. The van der Waals surface area contributed by atoms with Gasteiger partial charge in [0, 0.05) is 24.7 Å². The van der Waals surface area contributed by atoms with E-state index in [1.165, 1.54) is 0 Å². The molecule has 0 amide bonds. The van der Waals surface area contributed by atoms with Gasteiger partial charge in [-0.1, -0.05) is 0 Å². The molecule has 2 aromatic rings. The Bertz CT molecular complexity index is 951. The van der Waals surface area contributed by atoms with Gasteiger partial charge in [-0.15, -0.1) is 0 Å². The zero-order valence-electron chi connectivity index (χ0n) is 18.0. The normalized spacial score (nSPS) is 18.0. The fourth-order valence-corrected chi connectivity index (χ4v) is 3.62. The first-order chi connectivity index (χ1) is 14.9. The van der Waals surface area contributed by atoms with E-state index in [4.69, 9.17) is 9.47 Å². The number of aromatic hydroxyl groups is 1. The summed E-state index contributed by atoms with van der Waals surface area (Å²) in [5, 5.41) is 24.4. The summed E-state index contributed by atoms with van der Waals surface area (Å²) in [7, 11) is 0. The van der Waals surface area contributed by atoms with E-state index in [9.17, 15) is 10.2 Å². The number of aryl methyl sites for hydroxylation is 1. The van der Waals surface area contributed by atoms with Gasteiger partial charge in [0.1, 0.15) is 18.2 Å². The molecular weight excluding hydrogens is 398 g/mol. The van der Waals surface area contributed by atoms with Gasteiger partial charge >= 0.3 is 6.01 Å². The van der Waals surface area contributed by atoms with Crippen LogP contribution < -0.4 is 15.1 Å². The van der Waals surface area contributed by atoms with Crippen LogP contribution in [0.15, 0.2) is 29.4 Å². The molecule has 2 heterocycles. The van der Waals surface area contributed by atoms with Crippen LogP contribution in [0, 0.1) is 0 Å². The molecule has 1 saturated heterocycles. The van der Waals surface area contributed by atoms with Gasteiger partial charge in [-0.25, -0.2) is 0 Å². The predicted octanol–water partition coefficient (Wildman–Crippen LogP) is 2.32. The highest BCUT2D eigenvalue weighted by atomic mass is 16.5. The number of hydrazone groups is 1. The molecule has 0 saturated carbocycles.